The van der Waals surface area contributed by atoms with Gasteiger partial charge in [-0.1, -0.05) is 11.3 Å². The minimum atomic E-state index is 0.467. The van der Waals surface area contributed by atoms with Gasteiger partial charge in [0.15, 0.2) is 10.8 Å². The summed E-state index contributed by atoms with van der Waals surface area (Å²) in [6.45, 7) is 2.17. The Morgan fingerprint density at radius 1 is 1.44 bits per heavy atom. The standard InChI is InChI=1S/C13H18N4S/c1-17(2)9-13(5-6-13)8-15-12-16-11-10(18-12)4-3-7-14-11/h3-4,7H,5-6,8-9H2,1-2H3,(H,14,15,16). The molecule has 0 aliphatic heterocycles. The Kier molecular flexibility index (Phi) is 2.95. The summed E-state index contributed by atoms with van der Waals surface area (Å²) in [6.07, 6.45) is 4.43. The summed E-state index contributed by atoms with van der Waals surface area (Å²) in [5.41, 5.74) is 1.32. The Morgan fingerprint density at radius 2 is 2.28 bits per heavy atom. The maximum atomic E-state index is 4.51. The van der Waals surface area contributed by atoms with Crippen LogP contribution in [0.4, 0.5) is 5.13 Å². The van der Waals surface area contributed by atoms with Gasteiger partial charge in [0, 0.05) is 24.7 Å². The van der Waals surface area contributed by atoms with Gasteiger partial charge in [0.1, 0.15) is 0 Å². The molecule has 0 unspecified atom stereocenters. The molecule has 0 bridgehead atoms. The molecule has 0 amide bonds. The zero-order chi connectivity index (χ0) is 12.6. The van der Waals surface area contributed by atoms with Crippen molar-refractivity contribution < 1.29 is 0 Å². The molecule has 1 fully saturated rings. The van der Waals surface area contributed by atoms with Crippen molar-refractivity contribution in [2.24, 2.45) is 5.41 Å². The predicted octanol–water partition coefficient (Wildman–Crippen LogP) is 2.45. The first-order valence-electron chi connectivity index (χ1n) is 6.27. The second-order valence-corrected chi connectivity index (χ2v) is 6.47. The van der Waals surface area contributed by atoms with Gasteiger partial charge < -0.3 is 10.2 Å². The van der Waals surface area contributed by atoms with E-state index in [-0.39, 0.29) is 0 Å². The second kappa shape index (κ2) is 4.48. The van der Waals surface area contributed by atoms with Crippen LogP contribution >= 0.6 is 11.3 Å². The van der Waals surface area contributed by atoms with Gasteiger partial charge in [-0.15, -0.1) is 0 Å². The molecule has 0 radical (unpaired) electrons. The van der Waals surface area contributed by atoms with Crippen LogP contribution in [-0.2, 0) is 0 Å². The summed E-state index contributed by atoms with van der Waals surface area (Å²) in [7, 11) is 4.28. The Bertz CT molecular complexity index is 512. The quantitative estimate of drug-likeness (QED) is 0.898. The van der Waals surface area contributed by atoms with Gasteiger partial charge in [0.25, 0.3) is 0 Å². The smallest absolute Gasteiger partial charge is 0.185 e. The van der Waals surface area contributed by atoms with E-state index >= 15 is 0 Å². The van der Waals surface area contributed by atoms with Crippen LogP contribution in [0.15, 0.2) is 18.3 Å². The van der Waals surface area contributed by atoms with Crippen LogP contribution in [0.1, 0.15) is 12.8 Å². The second-order valence-electron chi connectivity index (χ2n) is 5.44. The molecule has 1 saturated carbocycles. The molecule has 1 aliphatic carbocycles. The van der Waals surface area contributed by atoms with Gasteiger partial charge in [-0.2, -0.15) is 0 Å². The third-order valence-corrected chi connectivity index (χ3v) is 4.36. The number of fused-ring (bicyclic) bond motifs is 1. The summed E-state index contributed by atoms with van der Waals surface area (Å²) in [5, 5.41) is 4.48. The van der Waals surface area contributed by atoms with Crippen LogP contribution in [-0.4, -0.2) is 42.1 Å². The van der Waals surface area contributed by atoms with E-state index in [4.69, 9.17) is 0 Å². The van der Waals surface area contributed by atoms with E-state index in [0.29, 0.717) is 5.41 Å². The van der Waals surface area contributed by atoms with E-state index in [1.165, 1.54) is 12.8 Å². The van der Waals surface area contributed by atoms with Crippen LogP contribution in [0, 0.1) is 5.41 Å². The van der Waals surface area contributed by atoms with Gasteiger partial charge in [-0.25, -0.2) is 9.97 Å². The molecule has 0 saturated heterocycles. The lowest BCUT2D eigenvalue weighted by Gasteiger charge is -2.20. The first-order valence-corrected chi connectivity index (χ1v) is 7.09. The van der Waals surface area contributed by atoms with E-state index in [9.17, 15) is 0 Å². The Morgan fingerprint density at radius 3 is 2.94 bits per heavy atom. The molecule has 18 heavy (non-hydrogen) atoms. The van der Waals surface area contributed by atoms with Crippen molar-refractivity contribution in [2.45, 2.75) is 12.8 Å². The molecular formula is C13H18N4S. The number of aromatic nitrogens is 2. The van der Waals surface area contributed by atoms with Crippen LogP contribution in [0.3, 0.4) is 0 Å². The number of hydrogen-bond donors (Lipinski definition) is 1. The normalized spacial score (nSPS) is 17.3. The maximum absolute atomic E-state index is 4.51. The van der Waals surface area contributed by atoms with E-state index in [1.54, 1.807) is 17.5 Å². The van der Waals surface area contributed by atoms with E-state index in [1.807, 2.05) is 6.07 Å². The number of hydrogen-bond acceptors (Lipinski definition) is 5. The molecule has 4 nitrogen and oxygen atoms in total. The summed E-state index contributed by atoms with van der Waals surface area (Å²) in [5.74, 6) is 0. The van der Waals surface area contributed by atoms with Crippen LogP contribution in [0.25, 0.3) is 10.3 Å². The highest BCUT2D eigenvalue weighted by atomic mass is 32.1. The van der Waals surface area contributed by atoms with Crippen molar-refractivity contribution in [1.82, 2.24) is 14.9 Å². The van der Waals surface area contributed by atoms with Gasteiger partial charge in [-0.3, -0.25) is 0 Å². The van der Waals surface area contributed by atoms with Crippen molar-refractivity contribution in [3.05, 3.63) is 18.3 Å². The van der Waals surface area contributed by atoms with Crippen molar-refractivity contribution >= 4 is 26.8 Å². The number of anilines is 1. The summed E-state index contributed by atoms with van der Waals surface area (Å²) in [6, 6.07) is 4.02. The van der Waals surface area contributed by atoms with Gasteiger partial charge in [-0.05, 0) is 39.1 Å². The summed E-state index contributed by atoms with van der Waals surface area (Å²) in [4.78, 5) is 11.0. The zero-order valence-electron chi connectivity index (χ0n) is 10.8. The molecule has 2 aromatic heterocycles. The fourth-order valence-corrected chi connectivity index (χ4v) is 3.17. The van der Waals surface area contributed by atoms with Crippen LogP contribution in [0.5, 0.6) is 0 Å². The monoisotopic (exact) mass is 262 g/mol. The maximum Gasteiger partial charge on any atom is 0.185 e. The molecule has 0 aromatic carbocycles. The lowest BCUT2D eigenvalue weighted by Crippen LogP contribution is -2.28. The fourth-order valence-electron chi connectivity index (χ4n) is 2.35. The lowest BCUT2D eigenvalue weighted by molar-refractivity contribution is 0.318. The molecular weight excluding hydrogens is 244 g/mol. The van der Waals surface area contributed by atoms with Crippen molar-refractivity contribution in [3.8, 4) is 0 Å². The highest BCUT2D eigenvalue weighted by molar-refractivity contribution is 7.22. The fraction of sp³-hybridized carbons (Fsp3) is 0.538. The molecule has 5 heteroatoms. The van der Waals surface area contributed by atoms with Crippen LogP contribution < -0.4 is 5.32 Å². The molecule has 1 aliphatic rings. The summed E-state index contributed by atoms with van der Waals surface area (Å²) >= 11 is 1.69. The number of thiazole rings is 1. The molecule has 0 atom stereocenters. The van der Waals surface area contributed by atoms with Crippen LogP contribution in [0.2, 0.25) is 0 Å². The Balaban J connectivity index is 1.66. The SMILES string of the molecule is CN(C)CC1(CNc2nc3ncccc3s2)CC1. The lowest BCUT2D eigenvalue weighted by atomic mass is 10.1. The minimum Gasteiger partial charge on any atom is -0.361 e. The Hall–Kier alpha value is -1.20. The van der Waals surface area contributed by atoms with Crippen molar-refractivity contribution in [1.29, 1.82) is 0 Å². The van der Waals surface area contributed by atoms with Gasteiger partial charge in [0.2, 0.25) is 0 Å². The zero-order valence-corrected chi connectivity index (χ0v) is 11.6. The molecule has 0 spiro atoms. The first-order chi connectivity index (χ1) is 8.67. The largest absolute Gasteiger partial charge is 0.361 e. The minimum absolute atomic E-state index is 0.467. The highest BCUT2D eigenvalue weighted by Crippen LogP contribution is 2.46. The van der Waals surface area contributed by atoms with E-state index in [0.717, 1.165) is 28.6 Å². The average Bonchev–Trinajstić information content (AvgIpc) is 2.95. The third-order valence-electron chi connectivity index (χ3n) is 3.39. The molecule has 96 valence electrons. The average molecular weight is 262 g/mol. The van der Waals surface area contributed by atoms with Crippen molar-refractivity contribution in [2.75, 3.05) is 32.5 Å². The van der Waals surface area contributed by atoms with Crippen molar-refractivity contribution in [3.63, 3.8) is 0 Å². The topological polar surface area (TPSA) is 41.0 Å². The van der Waals surface area contributed by atoms with E-state index in [2.05, 4.69) is 40.3 Å². The Labute approximate surface area is 111 Å². The third kappa shape index (κ3) is 2.47. The predicted molar refractivity (Wildman–Crippen MR) is 76.1 cm³/mol. The molecule has 2 aromatic rings. The molecule has 1 N–H and O–H groups in total. The van der Waals surface area contributed by atoms with E-state index < -0.39 is 0 Å². The number of nitrogens with zero attached hydrogens (tertiary/aromatic N) is 3. The number of nitrogens with one attached hydrogen (secondary N) is 1. The number of pyridine rings is 1. The summed E-state index contributed by atoms with van der Waals surface area (Å²) < 4.78 is 1.15. The number of rotatable bonds is 5. The molecule has 2 heterocycles. The van der Waals surface area contributed by atoms with Gasteiger partial charge in [0.05, 0.1) is 4.70 Å². The first kappa shape index (κ1) is 11.9. The highest BCUT2D eigenvalue weighted by Gasteiger charge is 2.42. The molecule has 3 rings (SSSR count). The van der Waals surface area contributed by atoms with Gasteiger partial charge >= 0.3 is 0 Å².